The van der Waals surface area contributed by atoms with Gasteiger partial charge in [-0.05, 0) is 38.0 Å². The normalized spacial score (nSPS) is 17.6. The molecule has 3 heteroatoms. The number of piperazine rings is 1. The molecule has 1 aliphatic heterocycles. The predicted octanol–water partition coefficient (Wildman–Crippen LogP) is 4.00. The van der Waals surface area contributed by atoms with E-state index in [-0.39, 0.29) is 6.10 Å². The van der Waals surface area contributed by atoms with E-state index in [1.807, 2.05) is 0 Å². The van der Waals surface area contributed by atoms with E-state index in [4.69, 9.17) is 4.74 Å². The topological polar surface area (TPSA) is 24.5 Å². The molecular weight excluding hydrogens is 272 g/mol. The van der Waals surface area contributed by atoms with E-state index in [1.54, 1.807) is 0 Å². The Kier molecular flexibility index (Phi) is 7.20. The van der Waals surface area contributed by atoms with Crippen LogP contribution in [-0.4, -0.2) is 37.2 Å². The quantitative estimate of drug-likeness (QED) is 0.735. The predicted molar refractivity (Wildman–Crippen MR) is 93.5 cm³/mol. The van der Waals surface area contributed by atoms with Crippen LogP contribution in [-0.2, 0) is 0 Å². The van der Waals surface area contributed by atoms with Crippen LogP contribution in [0.1, 0.15) is 58.1 Å². The Balaban J connectivity index is 2.05. The first-order valence-corrected chi connectivity index (χ1v) is 8.92. The third-order valence-electron chi connectivity index (χ3n) is 4.31. The van der Waals surface area contributed by atoms with Gasteiger partial charge in [-0.25, -0.2) is 0 Å². The number of hydrogen-bond acceptors (Lipinski definition) is 3. The summed E-state index contributed by atoms with van der Waals surface area (Å²) in [4.78, 5) is 2.64. The van der Waals surface area contributed by atoms with Gasteiger partial charge in [0.1, 0.15) is 5.75 Å². The molecule has 0 aliphatic carbocycles. The minimum atomic E-state index is 0.236. The Bertz CT molecular complexity index is 410. The molecule has 1 heterocycles. The fraction of sp³-hybridized carbons (Fsp3) is 0.684. The third-order valence-corrected chi connectivity index (χ3v) is 4.31. The number of benzene rings is 1. The molecule has 1 aromatic rings. The molecule has 0 aromatic heterocycles. The molecule has 1 aliphatic rings. The van der Waals surface area contributed by atoms with Gasteiger partial charge in [0.25, 0.3) is 0 Å². The molecule has 0 spiro atoms. The van der Waals surface area contributed by atoms with Gasteiger partial charge in [-0.1, -0.05) is 38.3 Å². The van der Waals surface area contributed by atoms with Crippen LogP contribution in [0.25, 0.3) is 0 Å². The van der Waals surface area contributed by atoms with Gasteiger partial charge in [-0.3, -0.25) is 4.90 Å². The van der Waals surface area contributed by atoms with Gasteiger partial charge in [-0.15, -0.1) is 0 Å². The molecular formula is C19H32N2O. The summed E-state index contributed by atoms with van der Waals surface area (Å²) >= 11 is 0. The zero-order valence-corrected chi connectivity index (χ0v) is 14.5. The molecule has 1 atom stereocenters. The highest BCUT2D eigenvalue weighted by Gasteiger charge is 2.21. The van der Waals surface area contributed by atoms with Crippen molar-refractivity contribution in [1.82, 2.24) is 10.2 Å². The van der Waals surface area contributed by atoms with Gasteiger partial charge in [0.15, 0.2) is 0 Å². The van der Waals surface area contributed by atoms with Gasteiger partial charge in [0.2, 0.25) is 0 Å². The lowest BCUT2D eigenvalue weighted by Gasteiger charge is -2.35. The maximum atomic E-state index is 5.77. The van der Waals surface area contributed by atoms with E-state index in [1.165, 1.54) is 31.2 Å². The number of nitrogens with one attached hydrogen (secondary N) is 1. The van der Waals surface area contributed by atoms with Crippen LogP contribution in [0.4, 0.5) is 0 Å². The molecule has 0 amide bonds. The minimum absolute atomic E-state index is 0.236. The maximum absolute atomic E-state index is 5.77. The second kappa shape index (κ2) is 9.16. The fourth-order valence-electron chi connectivity index (χ4n) is 3.18. The van der Waals surface area contributed by atoms with E-state index < -0.39 is 0 Å². The van der Waals surface area contributed by atoms with Crippen molar-refractivity contribution in [1.29, 1.82) is 0 Å². The minimum Gasteiger partial charge on any atom is -0.491 e. The zero-order chi connectivity index (χ0) is 15.8. The number of hydrogen-bond donors (Lipinski definition) is 1. The van der Waals surface area contributed by atoms with Crippen LogP contribution < -0.4 is 10.1 Å². The van der Waals surface area contributed by atoms with Gasteiger partial charge >= 0.3 is 0 Å². The maximum Gasteiger partial charge on any atom is 0.119 e. The van der Waals surface area contributed by atoms with Crippen molar-refractivity contribution in [3.8, 4) is 5.75 Å². The largest absolute Gasteiger partial charge is 0.491 e. The third kappa shape index (κ3) is 5.29. The monoisotopic (exact) mass is 304 g/mol. The Labute approximate surface area is 136 Å². The van der Waals surface area contributed by atoms with E-state index in [2.05, 4.69) is 55.3 Å². The Morgan fingerprint density at radius 3 is 2.36 bits per heavy atom. The second-order valence-corrected chi connectivity index (χ2v) is 6.53. The molecule has 0 unspecified atom stereocenters. The molecule has 1 saturated heterocycles. The molecule has 0 radical (unpaired) electrons. The van der Waals surface area contributed by atoms with Crippen molar-refractivity contribution in [3.63, 3.8) is 0 Å². The lowest BCUT2D eigenvalue weighted by Crippen LogP contribution is -2.45. The highest BCUT2D eigenvalue weighted by atomic mass is 16.5. The summed E-state index contributed by atoms with van der Waals surface area (Å²) in [5.41, 5.74) is 1.44. The number of rotatable bonds is 8. The Hall–Kier alpha value is -1.06. The Morgan fingerprint density at radius 1 is 1.09 bits per heavy atom. The smallest absolute Gasteiger partial charge is 0.119 e. The lowest BCUT2D eigenvalue weighted by molar-refractivity contribution is 0.162. The number of ether oxygens (including phenoxy) is 1. The molecule has 3 nitrogen and oxygen atoms in total. The first kappa shape index (κ1) is 17.3. The standard InChI is InChI=1S/C19H32N2O/c1-4-5-6-7-19(21-14-12-20-13-15-21)17-8-10-18(11-9-17)22-16(2)3/h8-11,16,19-20H,4-7,12-15H2,1-3H3/t19-/m1/s1. The molecule has 22 heavy (non-hydrogen) atoms. The summed E-state index contributed by atoms with van der Waals surface area (Å²) in [5.74, 6) is 0.978. The highest BCUT2D eigenvalue weighted by Crippen LogP contribution is 2.28. The van der Waals surface area contributed by atoms with Crippen LogP contribution in [0.3, 0.4) is 0 Å². The van der Waals surface area contributed by atoms with Crippen LogP contribution >= 0.6 is 0 Å². The van der Waals surface area contributed by atoms with Crippen molar-refractivity contribution in [2.75, 3.05) is 26.2 Å². The first-order chi connectivity index (χ1) is 10.7. The molecule has 0 bridgehead atoms. The van der Waals surface area contributed by atoms with Crippen molar-refractivity contribution < 1.29 is 4.74 Å². The van der Waals surface area contributed by atoms with E-state index in [0.717, 1.165) is 31.9 Å². The van der Waals surface area contributed by atoms with Crippen LogP contribution in [0.5, 0.6) is 5.75 Å². The number of nitrogens with zero attached hydrogens (tertiary/aromatic N) is 1. The fourth-order valence-corrected chi connectivity index (χ4v) is 3.18. The van der Waals surface area contributed by atoms with E-state index in [9.17, 15) is 0 Å². The molecule has 2 rings (SSSR count). The van der Waals surface area contributed by atoms with Gasteiger partial charge in [0.05, 0.1) is 6.10 Å². The van der Waals surface area contributed by atoms with Gasteiger partial charge in [-0.2, -0.15) is 0 Å². The number of unbranched alkanes of at least 4 members (excludes halogenated alkanes) is 2. The molecule has 1 N–H and O–H groups in total. The summed E-state index contributed by atoms with van der Waals surface area (Å²) in [6.07, 6.45) is 5.43. The lowest BCUT2D eigenvalue weighted by atomic mass is 9.98. The molecule has 1 aromatic carbocycles. The van der Waals surface area contributed by atoms with Gasteiger partial charge in [0, 0.05) is 32.2 Å². The van der Waals surface area contributed by atoms with Gasteiger partial charge < -0.3 is 10.1 Å². The highest BCUT2D eigenvalue weighted by molar-refractivity contribution is 5.29. The van der Waals surface area contributed by atoms with E-state index >= 15 is 0 Å². The summed E-state index contributed by atoms with van der Waals surface area (Å²) in [7, 11) is 0. The average Bonchev–Trinajstić information content (AvgIpc) is 2.53. The summed E-state index contributed by atoms with van der Waals surface area (Å²) in [5, 5.41) is 3.46. The second-order valence-electron chi connectivity index (χ2n) is 6.53. The van der Waals surface area contributed by atoms with Crippen LogP contribution in [0.2, 0.25) is 0 Å². The average molecular weight is 304 g/mol. The van der Waals surface area contributed by atoms with Crippen molar-refractivity contribution in [3.05, 3.63) is 29.8 Å². The first-order valence-electron chi connectivity index (χ1n) is 8.92. The summed E-state index contributed by atoms with van der Waals surface area (Å²) in [6.45, 7) is 10.9. The SMILES string of the molecule is CCCCC[C@H](c1ccc(OC(C)C)cc1)N1CCNCC1. The Morgan fingerprint density at radius 2 is 1.77 bits per heavy atom. The summed E-state index contributed by atoms with van der Waals surface area (Å²) in [6, 6.07) is 9.34. The van der Waals surface area contributed by atoms with Crippen molar-refractivity contribution in [2.45, 2.75) is 58.6 Å². The molecule has 1 fully saturated rings. The summed E-state index contributed by atoms with van der Waals surface area (Å²) < 4.78 is 5.77. The molecule has 0 saturated carbocycles. The molecule has 124 valence electrons. The van der Waals surface area contributed by atoms with Crippen molar-refractivity contribution in [2.24, 2.45) is 0 Å². The van der Waals surface area contributed by atoms with Crippen LogP contribution in [0, 0.1) is 0 Å². The van der Waals surface area contributed by atoms with Crippen molar-refractivity contribution >= 4 is 0 Å². The van der Waals surface area contributed by atoms with E-state index in [0.29, 0.717) is 6.04 Å². The zero-order valence-electron chi connectivity index (χ0n) is 14.5. The van der Waals surface area contributed by atoms with Crippen LogP contribution in [0.15, 0.2) is 24.3 Å².